The highest BCUT2D eigenvalue weighted by Crippen LogP contribution is 2.27. The molecule has 3 heteroatoms. The minimum atomic E-state index is 0.787. The summed E-state index contributed by atoms with van der Waals surface area (Å²) in [5, 5.41) is 3.49. The molecule has 0 radical (unpaired) electrons. The molecule has 0 bridgehead atoms. The summed E-state index contributed by atoms with van der Waals surface area (Å²) in [7, 11) is 6.76. The van der Waals surface area contributed by atoms with Crippen molar-refractivity contribution in [2.45, 2.75) is 25.3 Å². The Kier molecular flexibility index (Phi) is 4.22. The van der Waals surface area contributed by atoms with Crippen LogP contribution in [-0.4, -0.2) is 63.2 Å². The van der Waals surface area contributed by atoms with Gasteiger partial charge in [0.05, 0.1) is 0 Å². The van der Waals surface area contributed by atoms with Crippen LogP contribution in [0, 0.1) is 11.8 Å². The Balaban J connectivity index is 1.88. The van der Waals surface area contributed by atoms with Crippen molar-refractivity contribution in [2.75, 3.05) is 47.3 Å². The van der Waals surface area contributed by atoms with E-state index in [1.807, 2.05) is 0 Å². The van der Waals surface area contributed by atoms with E-state index in [2.05, 4.69) is 36.3 Å². The van der Waals surface area contributed by atoms with Crippen molar-refractivity contribution in [1.29, 1.82) is 0 Å². The summed E-state index contributed by atoms with van der Waals surface area (Å²) in [4.78, 5) is 4.94. The fraction of sp³-hybridized carbons (Fsp3) is 1.00. The van der Waals surface area contributed by atoms with Gasteiger partial charge in [0.25, 0.3) is 0 Å². The average molecular weight is 225 g/mol. The molecular formula is C13H27N3. The van der Waals surface area contributed by atoms with E-state index in [0.717, 1.165) is 17.9 Å². The van der Waals surface area contributed by atoms with Crippen LogP contribution in [-0.2, 0) is 0 Å². The van der Waals surface area contributed by atoms with E-state index in [-0.39, 0.29) is 0 Å². The first kappa shape index (κ1) is 12.3. The second kappa shape index (κ2) is 5.48. The summed E-state index contributed by atoms with van der Waals surface area (Å²) >= 11 is 0. The van der Waals surface area contributed by atoms with Gasteiger partial charge in [0.15, 0.2) is 0 Å². The van der Waals surface area contributed by atoms with Crippen molar-refractivity contribution in [3.63, 3.8) is 0 Å². The number of hydrogen-bond acceptors (Lipinski definition) is 3. The van der Waals surface area contributed by atoms with Crippen LogP contribution in [0.15, 0.2) is 0 Å². The smallest absolute Gasteiger partial charge is 0.0133 e. The minimum Gasteiger partial charge on any atom is -0.316 e. The molecular weight excluding hydrogens is 198 g/mol. The Morgan fingerprint density at radius 3 is 2.69 bits per heavy atom. The van der Waals surface area contributed by atoms with Crippen molar-refractivity contribution in [1.82, 2.24) is 15.1 Å². The first-order valence-corrected chi connectivity index (χ1v) is 6.72. The highest BCUT2D eigenvalue weighted by molar-refractivity contribution is 4.87. The third-order valence-electron chi connectivity index (χ3n) is 4.37. The van der Waals surface area contributed by atoms with Crippen LogP contribution in [0.3, 0.4) is 0 Å². The maximum Gasteiger partial charge on any atom is 0.0133 e. The van der Waals surface area contributed by atoms with Crippen LogP contribution in [0.25, 0.3) is 0 Å². The molecule has 0 amide bonds. The predicted octanol–water partition coefficient (Wildman–Crippen LogP) is 0.868. The molecule has 3 unspecified atom stereocenters. The van der Waals surface area contributed by atoms with E-state index in [9.17, 15) is 0 Å². The SMILES string of the molecule is CN1CCC(C(CC2CCNC2)N(C)C)C1. The Morgan fingerprint density at radius 2 is 2.19 bits per heavy atom. The van der Waals surface area contributed by atoms with Crippen molar-refractivity contribution < 1.29 is 0 Å². The first-order valence-electron chi connectivity index (χ1n) is 6.72. The van der Waals surface area contributed by atoms with E-state index < -0.39 is 0 Å². The Bertz CT molecular complexity index is 211. The van der Waals surface area contributed by atoms with Gasteiger partial charge in [-0.15, -0.1) is 0 Å². The third-order valence-corrected chi connectivity index (χ3v) is 4.37. The maximum atomic E-state index is 3.49. The van der Waals surface area contributed by atoms with E-state index in [1.165, 1.54) is 45.4 Å². The summed E-state index contributed by atoms with van der Waals surface area (Å²) in [6, 6.07) is 0.787. The van der Waals surface area contributed by atoms with Crippen molar-refractivity contribution in [3.05, 3.63) is 0 Å². The van der Waals surface area contributed by atoms with Crippen molar-refractivity contribution in [2.24, 2.45) is 11.8 Å². The fourth-order valence-electron chi connectivity index (χ4n) is 3.37. The normalized spacial score (nSPS) is 33.8. The molecule has 2 aliphatic heterocycles. The molecule has 2 aliphatic rings. The lowest BCUT2D eigenvalue weighted by atomic mass is 9.88. The number of nitrogens with one attached hydrogen (secondary N) is 1. The zero-order valence-electron chi connectivity index (χ0n) is 11.1. The predicted molar refractivity (Wildman–Crippen MR) is 68.7 cm³/mol. The summed E-state index contributed by atoms with van der Waals surface area (Å²) in [6.45, 7) is 5.06. The largest absolute Gasteiger partial charge is 0.316 e. The first-order chi connectivity index (χ1) is 7.66. The lowest BCUT2D eigenvalue weighted by molar-refractivity contribution is 0.178. The lowest BCUT2D eigenvalue weighted by Crippen LogP contribution is -2.38. The quantitative estimate of drug-likeness (QED) is 0.766. The molecule has 0 aromatic rings. The number of nitrogens with zero attached hydrogens (tertiary/aromatic N) is 2. The Morgan fingerprint density at radius 1 is 1.38 bits per heavy atom. The summed E-state index contributed by atoms with van der Waals surface area (Å²) in [6.07, 6.45) is 4.16. The number of hydrogen-bond donors (Lipinski definition) is 1. The van der Waals surface area contributed by atoms with Gasteiger partial charge in [-0.2, -0.15) is 0 Å². The molecule has 0 aliphatic carbocycles. The highest BCUT2D eigenvalue weighted by Gasteiger charge is 2.31. The zero-order chi connectivity index (χ0) is 11.5. The number of likely N-dealkylation sites (tertiary alicyclic amines) is 1. The molecule has 94 valence electrons. The lowest BCUT2D eigenvalue weighted by Gasteiger charge is -2.32. The molecule has 16 heavy (non-hydrogen) atoms. The molecule has 0 aromatic heterocycles. The molecule has 3 nitrogen and oxygen atoms in total. The zero-order valence-corrected chi connectivity index (χ0v) is 11.1. The fourth-order valence-corrected chi connectivity index (χ4v) is 3.37. The number of rotatable bonds is 4. The standard InChI is InChI=1S/C13H27N3/c1-15(2)13(8-11-4-6-14-9-11)12-5-7-16(3)10-12/h11-14H,4-10H2,1-3H3. The van der Waals surface area contributed by atoms with E-state index in [1.54, 1.807) is 0 Å². The van der Waals surface area contributed by atoms with Gasteiger partial charge in [-0.05, 0) is 71.9 Å². The molecule has 0 saturated carbocycles. The minimum absolute atomic E-state index is 0.787. The van der Waals surface area contributed by atoms with Crippen LogP contribution in [0.2, 0.25) is 0 Å². The Hall–Kier alpha value is -0.120. The van der Waals surface area contributed by atoms with Crippen LogP contribution in [0.5, 0.6) is 0 Å². The summed E-state index contributed by atoms with van der Waals surface area (Å²) < 4.78 is 0. The monoisotopic (exact) mass is 225 g/mol. The molecule has 2 rings (SSSR count). The molecule has 3 atom stereocenters. The van der Waals surface area contributed by atoms with Crippen LogP contribution in [0.4, 0.5) is 0 Å². The maximum absolute atomic E-state index is 3.49. The molecule has 0 spiro atoms. The topological polar surface area (TPSA) is 18.5 Å². The Labute approximate surface area is 100 Å². The van der Waals surface area contributed by atoms with E-state index >= 15 is 0 Å². The second-order valence-electron chi connectivity index (χ2n) is 5.94. The second-order valence-corrected chi connectivity index (χ2v) is 5.94. The molecule has 2 saturated heterocycles. The molecule has 0 aromatic carbocycles. The summed E-state index contributed by atoms with van der Waals surface area (Å²) in [5.74, 6) is 1.80. The van der Waals surface area contributed by atoms with Gasteiger partial charge in [-0.25, -0.2) is 0 Å². The summed E-state index contributed by atoms with van der Waals surface area (Å²) in [5.41, 5.74) is 0. The van der Waals surface area contributed by atoms with Gasteiger partial charge in [0.2, 0.25) is 0 Å². The van der Waals surface area contributed by atoms with Gasteiger partial charge < -0.3 is 15.1 Å². The molecule has 1 N–H and O–H groups in total. The van der Waals surface area contributed by atoms with E-state index in [4.69, 9.17) is 0 Å². The highest BCUT2D eigenvalue weighted by atomic mass is 15.2. The van der Waals surface area contributed by atoms with Gasteiger partial charge in [-0.1, -0.05) is 0 Å². The van der Waals surface area contributed by atoms with Crippen LogP contribution >= 0.6 is 0 Å². The molecule has 2 fully saturated rings. The third kappa shape index (κ3) is 2.96. The van der Waals surface area contributed by atoms with Crippen molar-refractivity contribution >= 4 is 0 Å². The van der Waals surface area contributed by atoms with Gasteiger partial charge in [0.1, 0.15) is 0 Å². The van der Waals surface area contributed by atoms with Crippen LogP contribution < -0.4 is 5.32 Å². The average Bonchev–Trinajstić information content (AvgIpc) is 2.84. The molecule has 2 heterocycles. The van der Waals surface area contributed by atoms with Gasteiger partial charge in [-0.3, -0.25) is 0 Å². The van der Waals surface area contributed by atoms with Gasteiger partial charge >= 0.3 is 0 Å². The van der Waals surface area contributed by atoms with Gasteiger partial charge in [0, 0.05) is 12.6 Å². The van der Waals surface area contributed by atoms with E-state index in [0.29, 0.717) is 0 Å². The van der Waals surface area contributed by atoms with Crippen molar-refractivity contribution in [3.8, 4) is 0 Å². The van der Waals surface area contributed by atoms with Crippen LogP contribution in [0.1, 0.15) is 19.3 Å².